The number of carbonyl (C=O) groups excluding carboxylic acids is 2. The van der Waals surface area contributed by atoms with Gasteiger partial charge in [-0.3, -0.25) is 9.59 Å². The van der Waals surface area contributed by atoms with Crippen molar-refractivity contribution >= 4 is 11.8 Å². The number of likely N-dealkylation sites (tertiary alicyclic amines) is 1. The number of rotatable bonds is 5. The van der Waals surface area contributed by atoms with Crippen molar-refractivity contribution in [2.45, 2.75) is 25.4 Å². The van der Waals surface area contributed by atoms with Crippen LogP contribution < -0.4 is 5.32 Å². The third-order valence-electron chi connectivity index (χ3n) is 4.55. The zero-order valence-corrected chi connectivity index (χ0v) is 14.0. The van der Waals surface area contributed by atoms with E-state index in [2.05, 4.69) is 5.32 Å². The molecular formula is C20H22N2O3. The third kappa shape index (κ3) is 3.88. The fourth-order valence-corrected chi connectivity index (χ4v) is 3.19. The van der Waals surface area contributed by atoms with Crippen molar-refractivity contribution in [3.8, 4) is 0 Å². The van der Waals surface area contributed by atoms with Crippen molar-refractivity contribution in [3.05, 3.63) is 71.3 Å². The first-order valence-corrected chi connectivity index (χ1v) is 8.53. The number of nitrogens with one attached hydrogen (secondary N) is 1. The van der Waals surface area contributed by atoms with Crippen LogP contribution in [0.15, 0.2) is 54.6 Å². The standard InChI is InChI=1S/C20H22N2O3/c23-14-16-9-6-12-22(16)20(25)18-11-5-4-10-17(18)19(24)21-13-15-7-2-1-3-8-15/h1-5,7-8,10-11,16,23H,6,9,12-14H2,(H,21,24)/t16-/m0/s1. The Hall–Kier alpha value is -2.66. The quantitative estimate of drug-likeness (QED) is 0.878. The Morgan fingerprint density at radius 3 is 2.44 bits per heavy atom. The Bertz CT molecular complexity index is 746. The topological polar surface area (TPSA) is 69.6 Å². The smallest absolute Gasteiger partial charge is 0.254 e. The lowest BCUT2D eigenvalue weighted by atomic mass is 10.0. The lowest BCUT2D eigenvalue weighted by Gasteiger charge is -2.24. The van der Waals surface area contributed by atoms with Crippen LogP contribution in [-0.2, 0) is 6.54 Å². The van der Waals surface area contributed by atoms with E-state index in [1.54, 1.807) is 29.2 Å². The molecule has 130 valence electrons. The highest BCUT2D eigenvalue weighted by atomic mass is 16.3. The Balaban J connectivity index is 1.76. The highest BCUT2D eigenvalue weighted by molar-refractivity contribution is 6.07. The summed E-state index contributed by atoms with van der Waals surface area (Å²) in [5.74, 6) is -0.463. The molecule has 0 bridgehead atoms. The average Bonchev–Trinajstić information content (AvgIpc) is 3.15. The molecule has 0 unspecified atom stereocenters. The molecule has 0 saturated carbocycles. The molecule has 0 spiro atoms. The number of amides is 2. The van der Waals surface area contributed by atoms with Gasteiger partial charge in [0.1, 0.15) is 0 Å². The molecule has 2 aromatic rings. The van der Waals surface area contributed by atoms with E-state index >= 15 is 0 Å². The molecule has 1 aliphatic heterocycles. The van der Waals surface area contributed by atoms with Crippen LogP contribution in [0, 0.1) is 0 Å². The maximum atomic E-state index is 12.9. The summed E-state index contributed by atoms with van der Waals surface area (Å²) >= 11 is 0. The van der Waals surface area contributed by atoms with Gasteiger partial charge in [0.2, 0.25) is 0 Å². The second kappa shape index (κ2) is 7.94. The molecule has 3 rings (SSSR count). The molecule has 5 nitrogen and oxygen atoms in total. The van der Waals surface area contributed by atoms with Gasteiger partial charge in [-0.1, -0.05) is 42.5 Å². The van der Waals surface area contributed by atoms with E-state index < -0.39 is 0 Å². The largest absolute Gasteiger partial charge is 0.394 e. The first kappa shape index (κ1) is 17.2. The fourth-order valence-electron chi connectivity index (χ4n) is 3.19. The summed E-state index contributed by atoms with van der Waals surface area (Å²) in [7, 11) is 0. The number of benzene rings is 2. The predicted molar refractivity (Wildman–Crippen MR) is 95.2 cm³/mol. The van der Waals surface area contributed by atoms with Crippen LogP contribution in [0.1, 0.15) is 39.1 Å². The summed E-state index contributed by atoms with van der Waals surface area (Å²) in [5, 5.41) is 12.3. The third-order valence-corrected chi connectivity index (χ3v) is 4.55. The Morgan fingerprint density at radius 2 is 1.72 bits per heavy atom. The van der Waals surface area contributed by atoms with Crippen LogP contribution in [-0.4, -0.2) is 41.0 Å². The van der Waals surface area contributed by atoms with Crippen LogP contribution >= 0.6 is 0 Å². The second-order valence-corrected chi connectivity index (χ2v) is 6.19. The molecule has 0 aliphatic carbocycles. The summed E-state index contributed by atoms with van der Waals surface area (Å²) in [4.78, 5) is 27.1. The van der Waals surface area contributed by atoms with E-state index in [0.29, 0.717) is 24.2 Å². The molecule has 25 heavy (non-hydrogen) atoms. The second-order valence-electron chi connectivity index (χ2n) is 6.19. The lowest BCUT2D eigenvalue weighted by Crippen LogP contribution is -2.38. The Morgan fingerprint density at radius 1 is 1.04 bits per heavy atom. The molecule has 2 aromatic carbocycles. The molecule has 1 heterocycles. The van der Waals surface area contributed by atoms with Crippen molar-refractivity contribution in [1.82, 2.24) is 10.2 Å². The minimum Gasteiger partial charge on any atom is -0.394 e. The van der Waals surface area contributed by atoms with Gasteiger partial charge in [-0.15, -0.1) is 0 Å². The van der Waals surface area contributed by atoms with Crippen LogP contribution in [0.5, 0.6) is 0 Å². The van der Waals surface area contributed by atoms with Crippen molar-refractivity contribution in [2.75, 3.05) is 13.2 Å². The normalized spacial score (nSPS) is 16.7. The first-order valence-electron chi connectivity index (χ1n) is 8.53. The summed E-state index contributed by atoms with van der Waals surface area (Å²) in [6.45, 7) is 0.976. The zero-order valence-electron chi connectivity index (χ0n) is 14.0. The van der Waals surface area contributed by atoms with Crippen LogP contribution in [0.2, 0.25) is 0 Å². The lowest BCUT2D eigenvalue weighted by molar-refractivity contribution is 0.0673. The van der Waals surface area contributed by atoms with Crippen molar-refractivity contribution < 1.29 is 14.7 Å². The fraction of sp³-hybridized carbons (Fsp3) is 0.300. The Kier molecular flexibility index (Phi) is 5.46. The number of aliphatic hydroxyl groups is 1. The van der Waals surface area contributed by atoms with Gasteiger partial charge >= 0.3 is 0 Å². The van der Waals surface area contributed by atoms with Gasteiger partial charge in [0, 0.05) is 13.1 Å². The first-order chi connectivity index (χ1) is 12.2. The van der Waals surface area contributed by atoms with Gasteiger partial charge in [-0.25, -0.2) is 0 Å². The van der Waals surface area contributed by atoms with Crippen molar-refractivity contribution in [2.24, 2.45) is 0 Å². The number of hydrogen-bond donors (Lipinski definition) is 2. The average molecular weight is 338 g/mol. The van der Waals surface area contributed by atoms with Gasteiger partial charge in [0.25, 0.3) is 11.8 Å². The van der Waals surface area contributed by atoms with Gasteiger partial charge < -0.3 is 15.3 Å². The number of nitrogens with zero attached hydrogens (tertiary/aromatic N) is 1. The zero-order chi connectivity index (χ0) is 17.6. The maximum absolute atomic E-state index is 12.9. The number of carbonyl (C=O) groups is 2. The SMILES string of the molecule is O=C(NCc1ccccc1)c1ccccc1C(=O)N1CCC[C@H]1CO. The molecule has 1 saturated heterocycles. The summed E-state index contributed by atoms with van der Waals surface area (Å²) in [6, 6.07) is 16.3. The molecule has 1 aliphatic rings. The summed E-state index contributed by atoms with van der Waals surface area (Å²) < 4.78 is 0. The molecule has 2 N–H and O–H groups in total. The Labute approximate surface area is 147 Å². The minimum atomic E-state index is -0.271. The minimum absolute atomic E-state index is 0.0475. The number of aliphatic hydroxyl groups excluding tert-OH is 1. The molecule has 5 heteroatoms. The van der Waals surface area contributed by atoms with E-state index in [1.807, 2.05) is 30.3 Å². The van der Waals surface area contributed by atoms with Crippen molar-refractivity contribution in [3.63, 3.8) is 0 Å². The molecular weight excluding hydrogens is 316 g/mol. The van der Waals surface area contributed by atoms with Crippen molar-refractivity contribution in [1.29, 1.82) is 0 Å². The van der Waals surface area contributed by atoms with E-state index in [-0.39, 0.29) is 24.5 Å². The van der Waals surface area contributed by atoms with Crippen LogP contribution in [0.4, 0.5) is 0 Å². The summed E-state index contributed by atoms with van der Waals surface area (Å²) in [6.07, 6.45) is 1.67. The predicted octanol–water partition coefficient (Wildman–Crippen LogP) is 2.21. The van der Waals surface area contributed by atoms with Crippen LogP contribution in [0.3, 0.4) is 0 Å². The molecule has 1 fully saturated rings. The van der Waals surface area contributed by atoms with Gasteiger partial charge in [-0.2, -0.15) is 0 Å². The van der Waals surface area contributed by atoms with Gasteiger partial charge in [-0.05, 0) is 30.5 Å². The monoisotopic (exact) mass is 338 g/mol. The van der Waals surface area contributed by atoms with E-state index in [9.17, 15) is 14.7 Å². The van der Waals surface area contributed by atoms with E-state index in [1.165, 1.54) is 0 Å². The molecule has 0 radical (unpaired) electrons. The van der Waals surface area contributed by atoms with E-state index in [4.69, 9.17) is 0 Å². The maximum Gasteiger partial charge on any atom is 0.254 e. The van der Waals surface area contributed by atoms with Gasteiger partial charge in [0.05, 0.1) is 23.8 Å². The molecule has 2 amide bonds. The van der Waals surface area contributed by atoms with E-state index in [0.717, 1.165) is 18.4 Å². The highest BCUT2D eigenvalue weighted by Gasteiger charge is 2.30. The van der Waals surface area contributed by atoms with Crippen LogP contribution in [0.25, 0.3) is 0 Å². The highest BCUT2D eigenvalue weighted by Crippen LogP contribution is 2.21. The van der Waals surface area contributed by atoms with Gasteiger partial charge in [0.15, 0.2) is 0 Å². The number of hydrogen-bond acceptors (Lipinski definition) is 3. The molecule has 0 aromatic heterocycles. The summed E-state index contributed by atoms with van der Waals surface area (Å²) in [5.41, 5.74) is 1.75. The molecule has 1 atom stereocenters.